The highest BCUT2D eigenvalue weighted by Gasteiger charge is 2.08. The zero-order valence-electron chi connectivity index (χ0n) is 12.1. The van der Waals surface area contributed by atoms with Crippen molar-refractivity contribution in [2.45, 2.75) is 25.9 Å². The van der Waals surface area contributed by atoms with E-state index in [0.29, 0.717) is 6.04 Å². The average molecular weight is 275 g/mol. The highest BCUT2D eigenvalue weighted by Crippen LogP contribution is 2.27. The summed E-state index contributed by atoms with van der Waals surface area (Å²) in [5.41, 5.74) is 2.30. The number of imidazole rings is 1. The van der Waals surface area contributed by atoms with E-state index in [1.165, 1.54) is 5.56 Å². The van der Waals surface area contributed by atoms with Crippen LogP contribution in [0.4, 0.5) is 0 Å². The normalized spacial score (nSPS) is 12.2. The Morgan fingerprint density at radius 1 is 1.25 bits per heavy atom. The zero-order valence-corrected chi connectivity index (χ0v) is 12.1. The van der Waals surface area contributed by atoms with Gasteiger partial charge >= 0.3 is 0 Å². The largest absolute Gasteiger partial charge is 0.493 e. The summed E-state index contributed by atoms with van der Waals surface area (Å²) in [6.45, 7) is 2.95. The molecule has 0 aliphatic heterocycles. The van der Waals surface area contributed by atoms with E-state index in [9.17, 15) is 0 Å². The Morgan fingerprint density at radius 3 is 2.70 bits per heavy atom. The van der Waals surface area contributed by atoms with Crippen LogP contribution < -0.4 is 14.8 Å². The fourth-order valence-electron chi connectivity index (χ4n) is 2.10. The predicted octanol–water partition coefficient (Wildman–Crippen LogP) is 2.15. The van der Waals surface area contributed by atoms with Crippen molar-refractivity contribution in [2.24, 2.45) is 0 Å². The number of aromatic nitrogens is 2. The molecule has 108 valence electrons. The van der Waals surface area contributed by atoms with Crippen molar-refractivity contribution in [3.05, 3.63) is 42.0 Å². The van der Waals surface area contributed by atoms with Crippen LogP contribution in [0.25, 0.3) is 0 Å². The first-order chi connectivity index (χ1) is 9.72. The van der Waals surface area contributed by atoms with Gasteiger partial charge in [0, 0.05) is 24.5 Å². The van der Waals surface area contributed by atoms with Gasteiger partial charge in [0.1, 0.15) is 0 Å². The molecule has 0 amide bonds. The van der Waals surface area contributed by atoms with Crippen molar-refractivity contribution in [1.29, 1.82) is 0 Å². The Hall–Kier alpha value is -2.01. The third kappa shape index (κ3) is 3.74. The second-order valence-corrected chi connectivity index (χ2v) is 4.75. The number of hydrogen-bond acceptors (Lipinski definition) is 4. The number of methoxy groups -OCH3 is 2. The summed E-state index contributed by atoms with van der Waals surface area (Å²) in [6.07, 6.45) is 4.45. The summed E-state index contributed by atoms with van der Waals surface area (Å²) in [5.74, 6) is 1.53. The number of aromatic amines is 1. The SMILES string of the molecule is COc1ccc(CC(C)NCc2cnc[nH]2)cc1OC. The smallest absolute Gasteiger partial charge is 0.160 e. The molecule has 2 N–H and O–H groups in total. The monoisotopic (exact) mass is 275 g/mol. The van der Waals surface area contributed by atoms with Crippen molar-refractivity contribution >= 4 is 0 Å². The minimum atomic E-state index is 0.358. The van der Waals surface area contributed by atoms with Gasteiger partial charge < -0.3 is 19.8 Å². The molecule has 5 nitrogen and oxygen atoms in total. The minimum Gasteiger partial charge on any atom is -0.493 e. The lowest BCUT2D eigenvalue weighted by Crippen LogP contribution is -2.27. The number of hydrogen-bond donors (Lipinski definition) is 2. The molecule has 1 atom stereocenters. The van der Waals surface area contributed by atoms with E-state index in [-0.39, 0.29) is 0 Å². The molecule has 0 spiro atoms. The molecule has 0 bridgehead atoms. The standard InChI is InChI=1S/C15H21N3O2/c1-11(17-9-13-8-16-10-18-13)6-12-4-5-14(19-2)15(7-12)20-3/h4-5,7-8,10-11,17H,6,9H2,1-3H3,(H,16,18). The summed E-state index contributed by atoms with van der Waals surface area (Å²) < 4.78 is 10.6. The van der Waals surface area contributed by atoms with E-state index in [1.807, 2.05) is 18.3 Å². The Bertz CT molecular complexity index is 526. The maximum absolute atomic E-state index is 5.32. The quantitative estimate of drug-likeness (QED) is 0.813. The lowest BCUT2D eigenvalue weighted by atomic mass is 10.1. The topological polar surface area (TPSA) is 59.2 Å². The number of nitrogens with one attached hydrogen (secondary N) is 2. The van der Waals surface area contributed by atoms with Crippen molar-refractivity contribution < 1.29 is 9.47 Å². The number of rotatable bonds is 7. The molecule has 0 fully saturated rings. The molecular weight excluding hydrogens is 254 g/mol. The fraction of sp³-hybridized carbons (Fsp3) is 0.400. The molecule has 2 aromatic rings. The van der Waals surface area contributed by atoms with Crippen LogP contribution in [0.5, 0.6) is 11.5 Å². The van der Waals surface area contributed by atoms with Crippen LogP contribution in [0.3, 0.4) is 0 Å². The van der Waals surface area contributed by atoms with Crippen LogP contribution in [0.1, 0.15) is 18.2 Å². The summed E-state index contributed by atoms with van der Waals surface area (Å²) in [7, 11) is 3.30. The number of nitrogens with zero attached hydrogens (tertiary/aromatic N) is 1. The van der Waals surface area contributed by atoms with Gasteiger partial charge in [0.25, 0.3) is 0 Å². The Labute approximate surface area is 119 Å². The molecule has 0 saturated carbocycles. The van der Waals surface area contributed by atoms with Crippen LogP contribution in [0, 0.1) is 0 Å². The van der Waals surface area contributed by atoms with Gasteiger partial charge in [-0.05, 0) is 31.0 Å². The Balaban J connectivity index is 1.91. The van der Waals surface area contributed by atoms with Crippen molar-refractivity contribution in [1.82, 2.24) is 15.3 Å². The molecule has 1 aromatic carbocycles. The van der Waals surface area contributed by atoms with Crippen LogP contribution in [-0.4, -0.2) is 30.2 Å². The molecule has 2 rings (SSSR count). The third-order valence-electron chi connectivity index (χ3n) is 3.19. The van der Waals surface area contributed by atoms with E-state index >= 15 is 0 Å². The highest BCUT2D eigenvalue weighted by atomic mass is 16.5. The molecule has 1 aromatic heterocycles. The van der Waals surface area contributed by atoms with Crippen LogP contribution >= 0.6 is 0 Å². The maximum Gasteiger partial charge on any atom is 0.160 e. The molecule has 0 saturated heterocycles. The first-order valence-corrected chi connectivity index (χ1v) is 6.64. The summed E-state index contributed by atoms with van der Waals surface area (Å²) in [5, 5.41) is 3.46. The Morgan fingerprint density at radius 2 is 2.05 bits per heavy atom. The summed E-state index contributed by atoms with van der Waals surface area (Å²) in [4.78, 5) is 7.08. The lowest BCUT2D eigenvalue weighted by molar-refractivity contribution is 0.354. The van der Waals surface area contributed by atoms with Crippen LogP contribution in [0.2, 0.25) is 0 Å². The second kappa shape index (κ2) is 6.96. The number of H-pyrrole nitrogens is 1. The molecule has 1 heterocycles. The minimum absolute atomic E-state index is 0.358. The van der Waals surface area contributed by atoms with Gasteiger partial charge in [0.2, 0.25) is 0 Å². The van der Waals surface area contributed by atoms with Crippen molar-refractivity contribution in [2.75, 3.05) is 14.2 Å². The van der Waals surface area contributed by atoms with E-state index in [1.54, 1.807) is 20.5 Å². The predicted molar refractivity (Wildman–Crippen MR) is 78.1 cm³/mol. The zero-order chi connectivity index (χ0) is 14.4. The number of ether oxygens (including phenoxy) is 2. The summed E-state index contributed by atoms with van der Waals surface area (Å²) >= 11 is 0. The third-order valence-corrected chi connectivity index (χ3v) is 3.19. The van der Waals surface area contributed by atoms with Gasteiger partial charge in [0.05, 0.1) is 20.5 Å². The molecule has 0 aliphatic rings. The van der Waals surface area contributed by atoms with Gasteiger partial charge in [-0.1, -0.05) is 6.07 Å². The fourth-order valence-corrected chi connectivity index (χ4v) is 2.10. The molecule has 0 aliphatic carbocycles. The van der Waals surface area contributed by atoms with E-state index in [4.69, 9.17) is 9.47 Å². The van der Waals surface area contributed by atoms with Crippen LogP contribution in [0.15, 0.2) is 30.7 Å². The molecule has 0 radical (unpaired) electrons. The highest BCUT2D eigenvalue weighted by molar-refractivity contribution is 5.43. The molecular formula is C15H21N3O2. The first kappa shape index (κ1) is 14.4. The first-order valence-electron chi connectivity index (χ1n) is 6.64. The van der Waals surface area contributed by atoms with Gasteiger partial charge in [0.15, 0.2) is 11.5 Å². The van der Waals surface area contributed by atoms with Crippen molar-refractivity contribution in [3.8, 4) is 11.5 Å². The van der Waals surface area contributed by atoms with Gasteiger partial charge in [-0.2, -0.15) is 0 Å². The average Bonchev–Trinajstić information content (AvgIpc) is 2.98. The van der Waals surface area contributed by atoms with Gasteiger partial charge in [-0.3, -0.25) is 0 Å². The van der Waals surface area contributed by atoms with Crippen LogP contribution in [-0.2, 0) is 13.0 Å². The lowest BCUT2D eigenvalue weighted by Gasteiger charge is -2.15. The molecule has 1 unspecified atom stereocenters. The maximum atomic E-state index is 5.32. The molecule has 20 heavy (non-hydrogen) atoms. The van der Waals surface area contributed by atoms with E-state index in [0.717, 1.165) is 30.2 Å². The van der Waals surface area contributed by atoms with Gasteiger partial charge in [-0.15, -0.1) is 0 Å². The van der Waals surface area contributed by atoms with Crippen molar-refractivity contribution in [3.63, 3.8) is 0 Å². The van der Waals surface area contributed by atoms with E-state index in [2.05, 4.69) is 28.3 Å². The second-order valence-electron chi connectivity index (χ2n) is 4.75. The number of benzene rings is 1. The van der Waals surface area contributed by atoms with E-state index < -0.39 is 0 Å². The molecule has 5 heteroatoms. The van der Waals surface area contributed by atoms with Gasteiger partial charge in [-0.25, -0.2) is 4.98 Å². The summed E-state index contributed by atoms with van der Waals surface area (Å²) in [6, 6.07) is 6.38. The Kier molecular flexibility index (Phi) is 5.01.